The van der Waals surface area contributed by atoms with E-state index in [9.17, 15) is 18.4 Å². The number of aliphatic carboxylic acids is 1. The molecule has 0 saturated heterocycles. The van der Waals surface area contributed by atoms with E-state index in [0.717, 1.165) is 55.6 Å². The molecule has 0 radical (unpaired) electrons. The fourth-order valence-corrected chi connectivity index (χ4v) is 6.14. The SMILES string of the molecule is Cc1nnn2c1-c1ccc(C3=CCN(C4CCCC4)CC3)cc1C(Nc1cccc(C#N)c1)CC2.O=C(O)C(F)(F)F. The van der Waals surface area contributed by atoms with Crippen LogP contribution >= 0.6 is 0 Å². The standard InChI is InChI=1S/C29H32N6.C2HF3O2/c1-20-29-26-10-9-23(22-11-14-34(15-12-22)25-7-2-3-8-25)18-27(26)28(13-16-35(29)33-32-20)31-24-6-4-5-21(17-24)19-30;3-2(4,5)1(6)7/h4-6,9-11,17-18,25,28,31H,2-3,7-8,12-16H2,1H3;(H,6,7). The van der Waals surface area contributed by atoms with Crippen molar-refractivity contribution in [2.24, 2.45) is 0 Å². The molecule has 3 aromatic rings. The second kappa shape index (κ2) is 12.4. The lowest BCUT2D eigenvalue weighted by atomic mass is 9.90. The number of rotatable bonds is 4. The first kappa shape index (κ1) is 29.3. The highest BCUT2D eigenvalue weighted by atomic mass is 19.4. The zero-order valence-electron chi connectivity index (χ0n) is 23.4. The van der Waals surface area contributed by atoms with Gasteiger partial charge in [0.25, 0.3) is 0 Å². The number of carboxylic acid groups (broad SMARTS) is 1. The molecule has 2 aromatic carbocycles. The fraction of sp³-hybridized carbons (Fsp3) is 0.419. The molecule has 0 bridgehead atoms. The lowest BCUT2D eigenvalue weighted by Crippen LogP contribution is -2.36. The third-order valence-electron chi connectivity index (χ3n) is 8.24. The van der Waals surface area contributed by atoms with Gasteiger partial charge in [0.1, 0.15) is 0 Å². The van der Waals surface area contributed by atoms with E-state index in [4.69, 9.17) is 9.90 Å². The molecule has 2 aliphatic heterocycles. The van der Waals surface area contributed by atoms with E-state index in [1.807, 2.05) is 35.9 Å². The Bertz CT molecular complexity index is 1520. The lowest BCUT2D eigenvalue weighted by molar-refractivity contribution is -0.192. The van der Waals surface area contributed by atoms with Crippen LogP contribution in [-0.2, 0) is 11.3 Å². The number of fused-ring (bicyclic) bond motifs is 3. The number of carboxylic acids is 1. The summed E-state index contributed by atoms with van der Waals surface area (Å²) in [4.78, 5) is 11.6. The molecule has 1 aromatic heterocycles. The van der Waals surface area contributed by atoms with E-state index >= 15 is 0 Å². The fourth-order valence-electron chi connectivity index (χ4n) is 6.14. The largest absolute Gasteiger partial charge is 0.490 e. The number of nitrogens with zero attached hydrogens (tertiary/aromatic N) is 5. The van der Waals surface area contributed by atoms with Crippen molar-refractivity contribution in [1.29, 1.82) is 5.26 Å². The highest BCUT2D eigenvalue weighted by Crippen LogP contribution is 2.39. The van der Waals surface area contributed by atoms with Gasteiger partial charge in [0.2, 0.25) is 0 Å². The summed E-state index contributed by atoms with van der Waals surface area (Å²) in [5.41, 5.74) is 9.00. The van der Waals surface area contributed by atoms with Crippen LogP contribution in [0.25, 0.3) is 16.8 Å². The summed E-state index contributed by atoms with van der Waals surface area (Å²) >= 11 is 0. The van der Waals surface area contributed by atoms with Gasteiger partial charge in [-0.15, -0.1) is 5.10 Å². The van der Waals surface area contributed by atoms with E-state index in [-0.39, 0.29) is 6.04 Å². The number of carbonyl (C=O) groups is 1. The maximum absolute atomic E-state index is 10.6. The Morgan fingerprint density at radius 1 is 1.12 bits per heavy atom. The minimum absolute atomic E-state index is 0.124. The second-order valence-electron chi connectivity index (χ2n) is 10.9. The average Bonchev–Trinajstić information content (AvgIpc) is 3.62. The van der Waals surface area contributed by atoms with Crippen LogP contribution in [0.5, 0.6) is 0 Å². The van der Waals surface area contributed by atoms with Crippen LogP contribution in [-0.4, -0.2) is 56.3 Å². The molecule has 1 unspecified atom stereocenters. The summed E-state index contributed by atoms with van der Waals surface area (Å²) in [7, 11) is 0. The van der Waals surface area contributed by atoms with Crippen LogP contribution in [0.3, 0.4) is 0 Å². The molecule has 1 saturated carbocycles. The van der Waals surface area contributed by atoms with Gasteiger partial charge in [0.05, 0.1) is 29.1 Å². The van der Waals surface area contributed by atoms with Gasteiger partial charge in [0, 0.05) is 36.9 Å². The predicted molar refractivity (Wildman–Crippen MR) is 152 cm³/mol. The zero-order chi connectivity index (χ0) is 29.9. The number of hydrogen-bond donors (Lipinski definition) is 2. The highest BCUT2D eigenvalue weighted by Gasteiger charge is 2.38. The lowest BCUT2D eigenvalue weighted by Gasteiger charge is -2.32. The molecule has 3 heterocycles. The minimum Gasteiger partial charge on any atom is -0.475 e. The molecule has 2 N–H and O–H groups in total. The number of anilines is 1. The van der Waals surface area contributed by atoms with Gasteiger partial charge in [0.15, 0.2) is 0 Å². The third-order valence-corrected chi connectivity index (χ3v) is 8.24. The van der Waals surface area contributed by atoms with Crippen LogP contribution in [0.1, 0.15) is 67.0 Å². The number of halogens is 3. The first-order valence-electron chi connectivity index (χ1n) is 14.2. The normalized spacial score (nSPS) is 18.9. The molecule has 0 amide bonds. The van der Waals surface area contributed by atoms with E-state index in [1.165, 1.54) is 47.9 Å². The average molecular weight is 579 g/mol. The predicted octanol–water partition coefficient (Wildman–Crippen LogP) is 6.35. The van der Waals surface area contributed by atoms with Crippen molar-refractivity contribution in [3.8, 4) is 17.3 Å². The summed E-state index contributed by atoms with van der Waals surface area (Å²) in [6.45, 7) is 5.07. The number of hydrogen-bond acceptors (Lipinski definition) is 6. The molecule has 1 aliphatic carbocycles. The summed E-state index contributed by atoms with van der Waals surface area (Å²) < 4.78 is 33.8. The number of nitrogens with one attached hydrogen (secondary N) is 1. The number of aromatic nitrogens is 3. The first-order chi connectivity index (χ1) is 20.1. The minimum atomic E-state index is -5.08. The van der Waals surface area contributed by atoms with Crippen LogP contribution in [0.2, 0.25) is 0 Å². The monoisotopic (exact) mass is 578 g/mol. The van der Waals surface area contributed by atoms with Crippen molar-refractivity contribution in [2.75, 3.05) is 18.4 Å². The summed E-state index contributed by atoms with van der Waals surface area (Å²) in [5, 5.41) is 29.0. The van der Waals surface area contributed by atoms with Crippen molar-refractivity contribution < 1.29 is 23.1 Å². The third kappa shape index (κ3) is 6.49. The van der Waals surface area contributed by atoms with Crippen molar-refractivity contribution in [2.45, 2.75) is 70.3 Å². The topological polar surface area (TPSA) is 107 Å². The zero-order valence-corrected chi connectivity index (χ0v) is 23.4. The number of aryl methyl sites for hydroxylation is 2. The first-order valence-corrected chi connectivity index (χ1v) is 14.2. The highest BCUT2D eigenvalue weighted by molar-refractivity contribution is 5.75. The van der Waals surface area contributed by atoms with E-state index in [0.29, 0.717) is 5.56 Å². The smallest absolute Gasteiger partial charge is 0.475 e. The Balaban J connectivity index is 0.000000451. The Morgan fingerprint density at radius 2 is 1.88 bits per heavy atom. The maximum Gasteiger partial charge on any atom is 0.490 e. The molecule has 11 heteroatoms. The second-order valence-corrected chi connectivity index (χ2v) is 10.9. The van der Waals surface area contributed by atoms with E-state index < -0.39 is 12.1 Å². The van der Waals surface area contributed by atoms with Gasteiger partial charge in [-0.25, -0.2) is 9.48 Å². The molecule has 0 spiro atoms. The molecule has 1 fully saturated rings. The van der Waals surface area contributed by atoms with Crippen LogP contribution in [0.4, 0.5) is 18.9 Å². The molecule has 3 aliphatic rings. The quantitative estimate of drug-likeness (QED) is 0.372. The van der Waals surface area contributed by atoms with Gasteiger partial charge in [-0.05, 0) is 73.6 Å². The van der Waals surface area contributed by atoms with Crippen molar-refractivity contribution in [1.82, 2.24) is 19.9 Å². The number of nitriles is 1. The number of benzene rings is 2. The molecular formula is C31H33F3N6O2. The van der Waals surface area contributed by atoms with Gasteiger partial charge in [-0.3, -0.25) is 4.90 Å². The van der Waals surface area contributed by atoms with Crippen LogP contribution < -0.4 is 5.32 Å². The number of alkyl halides is 3. The Hall–Kier alpha value is -4.17. The van der Waals surface area contributed by atoms with Crippen LogP contribution in [0, 0.1) is 18.3 Å². The molecule has 8 nitrogen and oxygen atoms in total. The van der Waals surface area contributed by atoms with E-state index in [2.05, 4.69) is 50.9 Å². The molecule has 220 valence electrons. The Morgan fingerprint density at radius 3 is 2.55 bits per heavy atom. The maximum atomic E-state index is 10.6. The summed E-state index contributed by atoms with van der Waals surface area (Å²) in [6, 6.07) is 17.9. The Kier molecular flexibility index (Phi) is 8.64. The summed E-state index contributed by atoms with van der Waals surface area (Å²) in [6.07, 6.45) is 4.88. The van der Waals surface area contributed by atoms with Gasteiger partial charge < -0.3 is 10.4 Å². The van der Waals surface area contributed by atoms with Gasteiger partial charge >= 0.3 is 12.1 Å². The van der Waals surface area contributed by atoms with Crippen molar-refractivity contribution >= 4 is 17.2 Å². The van der Waals surface area contributed by atoms with E-state index in [1.54, 1.807) is 0 Å². The molecule has 1 atom stereocenters. The van der Waals surface area contributed by atoms with Crippen molar-refractivity contribution in [3.63, 3.8) is 0 Å². The summed E-state index contributed by atoms with van der Waals surface area (Å²) in [5.74, 6) is -2.76. The Labute approximate surface area is 242 Å². The van der Waals surface area contributed by atoms with Gasteiger partial charge in [-0.2, -0.15) is 18.4 Å². The van der Waals surface area contributed by atoms with Crippen LogP contribution in [0.15, 0.2) is 48.5 Å². The molecular weight excluding hydrogens is 545 g/mol. The van der Waals surface area contributed by atoms with Crippen molar-refractivity contribution in [3.05, 3.63) is 70.9 Å². The molecule has 6 rings (SSSR count). The molecule has 42 heavy (non-hydrogen) atoms. The van der Waals surface area contributed by atoms with Gasteiger partial charge in [-0.1, -0.05) is 42.3 Å².